The average Bonchev–Trinajstić information content (AvgIpc) is 2.50. The lowest BCUT2D eigenvalue weighted by Gasteiger charge is -2.20. The summed E-state index contributed by atoms with van der Waals surface area (Å²) in [7, 11) is -2.97. The lowest BCUT2D eigenvalue weighted by atomic mass is 10.2. The Bertz CT molecular complexity index is 268. The van der Waals surface area contributed by atoms with Crippen molar-refractivity contribution in [3.8, 4) is 0 Å². The molecular weight excluding hydrogens is 200 g/mol. The monoisotopic (exact) mass is 220 g/mol. The van der Waals surface area contributed by atoms with E-state index in [9.17, 15) is 8.42 Å². The molecule has 1 unspecified atom stereocenters. The van der Waals surface area contributed by atoms with Crippen LogP contribution in [-0.4, -0.2) is 31.6 Å². The molecule has 0 saturated carbocycles. The van der Waals surface area contributed by atoms with Crippen LogP contribution in [0.5, 0.6) is 0 Å². The van der Waals surface area contributed by atoms with E-state index in [1.165, 1.54) is 0 Å². The molecule has 0 aliphatic carbocycles. The molecule has 0 aromatic carbocycles. The molecule has 14 heavy (non-hydrogen) atoms. The van der Waals surface area contributed by atoms with Gasteiger partial charge in [0.05, 0.1) is 16.6 Å². The Balaban J connectivity index is 2.44. The summed E-state index contributed by atoms with van der Waals surface area (Å²) in [5.41, 5.74) is 0. The molecule has 1 rings (SSSR count). The second-order valence-corrected chi connectivity index (χ2v) is 7.72. The van der Waals surface area contributed by atoms with Gasteiger partial charge < -0.3 is 4.74 Å². The topological polar surface area (TPSA) is 43.4 Å². The van der Waals surface area contributed by atoms with Gasteiger partial charge in [0, 0.05) is 6.61 Å². The highest BCUT2D eigenvalue weighted by Gasteiger charge is 2.30. The van der Waals surface area contributed by atoms with Crippen LogP contribution in [0, 0.1) is 0 Å². The number of hydrogen-bond acceptors (Lipinski definition) is 3. The van der Waals surface area contributed by atoms with Crippen LogP contribution in [0.15, 0.2) is 0 Å². The Labute approximate surface area is 86.8 Å². The standard InChI is InChI=1S/C10H20O3S/c1-10(2,3)14(11,12)8-6-9-5-4-7-13-9/h9H,4-8H2,1-3H3. The minimum atomic E-state index is -2.97. The van der Waals surface area contributed by atoms with E-state index in [1.807, 2.05) is 0 Å². The van der Waals surface area contributed by atoms with Crippen LogP contribution in [0.4, 0.5) is 0 Å². The molecule has 1 aliphatic heterocycles. The van der Waals surface area contributed by atoms with E-state index in [2.05, 4.69) is 0 Å². The lowest BCUT2D eigenvalue weighted by molar-refractivity contribution is 0.108. The van der Waals surface area contributed by atoms with Crippen molar-refractivity contribution in [1.82, 2.24) is 0 Å². The first-order valence-corrected chi connectivity index (χ1v) is 6.82. The van der Waals surface area contributed by atoms with Crippen molar-refractivity contribution in [3.05, 3.63) is 0 Å². The van der Waals surface area contributed by atoms with Crippen molar-refractivity contribution in [1.29, 1.82) is 0 Å². The molecule has 1 saturated heterocycles. The van der Waals surface area contributed by atoms with E-state index in [1.54, 1.807) is 20.8 Å². The van der Waals surface area contributed by atoms with Gasteiger partial charge in [-0.25, -0.2) is 8.42 Å². The molecule has 1 fully saturated rings. The summed E-state index contributed by atoms with van der Waals surface area (Å²) >= 11 is 0. The van der Waals surface area contributed by atoms with Crippen LogP contribution in [0.25, 0.3) is 0 Å². The third-order valence-corrected chi connectivity index (χ3v) is 5.30. The van der Waals surface area contributed by atoms with Crippen LogP contribution in [0.2, 0.25) is 0 Å². The third-order valence-electron chi connectivity index (χ3n) is 2.67. The number of sulfone groups is 1. The summed E-state index contributed by atoms with van der Waals surface area (Å²) in [6, 6.07) is 0. The second-order valence-electron chi connectivity index (χ2n) is 4.85. The van der Waals surface area contributed by atoms with Crippen LogP contribution >= 0.6 is 0 Å². The summed E-state index contributed by atoms with van der Waals surface area (Å²) in [6.07, 6.45) is 2.91. The van der Waals surface area contributed by atoms with E-state index < -0.39 is 14.6 Å². The Morgan fingerprint density at radius 3 is 2.43 bits per heavy atom. The molecule has 3 nitrogen and oxygen atoms in total. The predicted molar refractivity (Wildman–Crippen MR) is 57.1 cm³/mol. The molecule has 1 atom stereocenters. The van der Waals surface area contributed by atoms with Crippen molar-refractivity contribution in [2.75, 3.05) is 12.4 Å². The maximum Gasteiger partial charge on any atom is 0.155 e. The summed E-state index contributed by atoms with van der Waals surface area (Å²) < 4.78 is 28.3. The molecule has 84 valence electrons. The first-order chi connectivity index (χ1) is 6.33. The highest BCUT2D eigenvalue weighted by molar-refractivity contribution is 7.92. The molecule has 1 aliphatic rings. The average molecular weight is 220 g/mol. The minimum Gasteiger partial charge on any atom is -0.378 e. The van der Waals surface area contributed by atoms with Crippen LogP contribution in [0.3, 0.4) is 0 Å². The van der Waals surface area contributed by atoms with E-state index in [0.717, 1.165) is 19.4 Å². The van der Waals surface area contributed by atoms with Crippen LogP contribution < -0.4 is 0 Å². The fourth-order valence-corrected chi connectivity index (χ4v) is 2.65. The highest BCUT2D eigenvalue weighted by Crippen LogP contribution is 2.21. The Morgan fingerprint density at radius 1 is 1.36 bits per heavy atom. The summed E-state index contributed by atoms with van der Waals surface area (Å²) in [4.78, 5) is 0. The molecular formula is C10H20O3S. The molecule has 0 aromatic rings. The molecule has 0 bridgehead atoms. The van der Waals surface area contributed by atoms with Crippen molar-refractivity contribution in [3.63, 3.8) is 0 Å². The van der Waals surface area contributed by atoms with Gasteiger partial charge in [-0.1, -0.05) is 0 Å². The van der Waals surface area contributed by atoms with Crippen molar-refractivity contribution < 1.29 is 13.2 Å². The van der Waals surface area contributed by atoms with E-state index >= 15 is 0 Å². The summed E-state index contributed by atoms with van der Waals surface area (Å²) in [6.45, 7) is 6.04. The normalized spacial score (nSPS) is 24.1. The number of hydrogen-bond donors (Lipinski definition) is 0. The smallest absolute Gasteiger partial charge is 0.155 e. The zero-order chi connectivity index (χ0) is 10.8. The second kappa shape index (κ2) is 4.19. The molecule has 0 aromatic heterocycles. The molecule has 1 heterocycles. The Kier molecular flexibility index (Phi) is 3.58. The molecule has 0 amide bonds. The van der Waals surface area contributed by atoms with Crippen molar-refractivity contribution >= 4 is 9.84 Å². The first-order valence-electron chi connectivity index (χ1n) is 5.17. The summed E-state index contributed by atoms with van der Waals surface area (Å²) in [5.74, 6) is 0.251. The third kappa shape index (κ3) is 2.95. The Morgan fingerprint density at radius 2 is 2.00 bits per heavy atom. The van der Waals surface area contributed by atoms with Gasteiger partial charge in [0.15, 0.2) is 9.84 Å². The molecule has 4 heteroatoms. The first kappa shape index (κ1) is 12.0. The van der Waals surface area contributed by atoms with E-state index in [-0.39, 0.29) is 11.9 Å². The quantitative estimate of drug-likeness (QED) is 0.728. The molecule has 0 N–H and O–H groups in total. The van der Waals surface area contributed by atoms with Crippen LogP contribution in [-0.2, 0) is 14.6 Å². The Hall–Kier alpha value is -0.0900. The number of rotatable bonds is 3. The summed E-state index contributed by atoms with van der Waals surface area (Å²) in [5, 5.41) is 0. The van der Waals surface area contributed by atoms with Gasteiger partial charge in [0.25, 0.3) is 0 Å². The van der Waals surface area contributed by atoms with Gasteiger partial charge >= 0.3 is 0 Å². The highest BCUT2D eigenvalue weighted by atomic mass is 32.2. The molecule has 0 spiro atoms. The van der Waals surface area contributed by atoms with E-state index in [0.29, 0.717) is 6.42 Å². The number of ether oxygens (including phenoxy) is 1. The zero-order valence-corrected chi connectivity index (χ0v) is 10.1. The van der Waals surface area contributed by atoms with Gasteiger partial charge in [-0.3, -0.25) is 0 Å². The van der Waals surface area contributed by atoms with Gasteiger partial charge in [0.1, 0.15) is 0 Å². The fraction of sp³-hybridized carbons (Fsp3) is 1.00. The fourth-order valence-electron chi connectivity index (χ4n) is 1.46. The minimum absolute atomic E-state index is 0.173. The van der Waals surface area contributed by atoms with Gasteiger partial charge in [-0.2, -0.15) is 0 Å². The van der Waals surface area contributed by atoms with Gasteiger partial charge in [0.2, 0.25) is 0 Å². The maximum atomic E-state index is 11.8. The largest absolute Gasteiger partial charge is 0.378 e. The predicted octanol–water partition coefficient (Wildman–Crippen LogP) is 1.77. The maximum absolute atomic E-state index is 11.8. The van der Waals surface area contributed by atoms with Crippen molar-refractivity contribution in [2.24, 2.45) is 0 Å². The van der Waals surface area contributed by atoms with E-state index in [4.69, 9.17) is 4.74 Å². The van der Waals surface area contributed by atoms with Crippen LogP contribution in [0.1, 0.15) is 40.0 Å². The lowest BCUT2D eigenvalue weighted by Crippen LogP contribution is -2.31. The molecule has 0 radical (unpaired) electrons. The SMILES string of the molecule is CC(C)(C)S(=O)(=O)CCC1CCCO1. The van der Waals surface area contributed by atoms with Gasteiger partial charge in [-0.05, 0) is 40.0 Å². The zero-order valence-electron chi connectivity index (χ0n) is 9.25. The van der Waals surface area contributed by atoms with Gasteiger partial charge in [-0.15, -0.1) is 0 Å². The van der Waals surface area contributed by atoms with Crippen molar-refractivity contribution in [2.45, 2.75) is 50.9 Å².